The summed E-state index contributed by atoms with van der Waals surface area (Å²) < 4.78 is 38.4. The second kappa shape index (κ2) is 8.66. The summed E-state index contributed by atoms with van der Waals surface area (Å²) in [5.41, 5.74) is 2.20. The third kappa shape index (κ3) is 4.35. The Hall–Kier alpha value is -3.20. The van der Waals surface area contributed by atoms with Crippen molar-refractivity contribution in [2.24, 2.45) is 0 Å². The van der Waals surface area contributed by atoms with Gasteiger partial charge in [0.05, 0.1) is 25.3 Å². The average Bonchev–Trinajstić information content (AvgIpc) is 3.15. The van der Waals surface area contributed by atoms with E-state index in [9.17, 15) is 13.6 Å². The minimum atomic E-state index is -0.606. The van der Waals surface area contributed by atoms with Gasteiger partial charge in [0.25, 0.3) is 0 Å². The number of rotatable bonds is 5. The van der Waals surface area contributed by atoms with E-state index in [2.05, 4.69) is 19.9 Å². The van der Waals surface area contributed by atoms with E-state index >= 15 is 0 Å². The smallest absolute Gasteiger partial charge is 0.228 e. The number of nitrogens with zero attached hydrogens (tertiary/aromatic N) is 4. The Morgan fingerprint density at radius 1 is 1.17 bits per heavy atom. The number of ether oxygens (including phenoxy) is 1. The first-order chi connectivity index (χ1) is 14.5. The summed E-state index contributed by atoms with van der Waals surface area (Å²) in [7, 11) is 0. The van der Waals surface area contributed by atoms with Crippen molar-refractivity contribution >= 4 is 5.91 Å². The summed E-state index contributed by atoms with van der Waals surface area (Å²) in [5.74, 6) is -1.32. The molecule has 1 fully saturated rings. The zero-order valence-corrected chi connectivity index (χ0v) is 16.3. The Morgan fingerprint density at radius 2 is 1.93 bits per heavy atom. The van der Waals surface area contributed by atoms with Crippen molar-refractivity contribution in [3.63, 3.8) is 0 Å². The molecule has 1 atom stereocenters. The van der Waals surface area contributed by atoms with Crippen molar-refractivity contribution in [3.05, 3.63) is 76.4 Å². The van der Waals surface area contributed by atoms with Crippen LogP contribution in [0.4, 0.5) is 8.78 Å². The van der Waals surface area contributed by atoms with Gasteiger partial charge in [0.2, 0.25) is 5.91 Å². The third-order valence-corrected chi connectivity index (χ3v) is 5.06. The molecule has 0 spiro atoms. The van der Waals surface area contributed by atoms with Gasteiger partial charge in [-0.05, 0) is 31.2 Å². The van der Waals surface area contributed by atoms with E-state index in [1.165, 1.54) is 18.2 Å². The minimum Gasteiger partial charge on any atom is -0.368 e. The number of carbonyl (C=O) groups excluding carboxylic acids is 1. The van der Waals surface area contributed by atoms with Crippen LogP contribution in [0.15, 0.2) is 41.0 Å². The first-order valence-electron chi connectivity index (χ1n) is 9.57. The predicted octanol–water partition coefficient (Wildman–Crippen LogP) is 2.78. The maximum Gasteiger partial charge on any atom is 0.228 e. The summed E-state index contributed by atoms with van der Waals surface area (Å²) in [6.45, 7) is 2.88. The maximum atomic E-state index is 14.0. The number of amides is 1. The first kappa shape index (κ1) is 20.1. The maximum absolute atomic E-state index is 14.0. The highest BCUT2D eigenvalue weighted by Crippen LogP contribution is 2.23. The van der Waals surface area contributed by atoms with Crippen LogP contribution in [0.25, 0.3) is 0 Å². The molecule has 3 heterocycles. The van der Waals surface area contributed by atoms with Crippen molar-refractivity contribution in [2.75, 3.05) is 19.7 Å². The molecule has 0 radical (unpaired) electrons. The van der Waals surface area contributed by atoms with Crippen LogP contribution in [0.5, 0.6) is 0 Å². The van der Waals surface area contributed by atoms with Gasteiger partial charge in [-0.3, -0.25) is 9.78 Å². The van der Waals surface area contributed by atoms with Crippen LogP contribution in [0, 0.1) is 18.6 Å². The van der Waals surface area contributed by atoms with Crippen LogP contribution in [0.3, 0.4) is 0 Å². The summed E-state index contributed by atoms with van der Waals surface area (Å²) in [4.78, 5) is 18.8. The zero-order chi connectivity index (χ0) is 21.1. The molecule has 0 unspecified atom stereocenters. The number of carbonyl (C=O) groups is 1. The van der Waals surface area contributed by atoms with Crippen molar-refractivity contribution < 1.29 is 22.9 Å². The van der Waals surface area contributed by atoms with Gasteiger partial charge in [-0.25, -0.2) is 13.4 Å². The van der Waals surface area contributed by atoms with Crippen LogP contribution >= 0.6 is 0 Å². The summed E-state index contributed by atoms with van der Waals surface area (Å²) in [6, 6.07) is 9.04. The van der Waals surface area contributed by atoms with E-state index < -0.39 is 17.7 Å². The third-order valence-electron chi connectivity index (χ3n) is 5.06. The SMILES string of the molecule is Cc1nonc1CC(=O)N1CCO[C@@H](c2cccc(Cc3c(F)cccc3F)n2)C1. The average molecular weight is 414 g/mol. The largest absolute Gasteiger partial charge is 0.368 e. The second-order valence-electron chi connectivity index (χ2n) is 7.10. The molecule has 1 saturated heterocycles. The Morgan fingerprint density at radius 3 is 2.67 bits per heavy atom. The lowest BCUT2D eigenvalue weighted by Crippen LogP contribution is -2.43. The molecule has 0 N–H and O–H groups in total. The normalized spacial score (nSPS) is 16.6. The van der Waals surface area contributed by atoms with E-state index in [4.69, 9.17) is 4.74 Å². The van der Waals surface area contributed by atoms with E-state index in [0.717, 1.165) is 0 Å². The lowest BCUT2D eigenvalue weighted by atomic mass is 10.1. The number of hydrogen-bond donors (Lipinski definition) is 0. The minimum absolute atomic E-state index is 0.0277. The number of halogens is 2. The van der Waals surface area contributed by atoms with E-state index in [1.54, 1.807) is 30.0 Å². The van der Waals surface area contributed by atoms with E-state index in [1.807, 2.05) is 0 Å². The number of aryl methyl sites for hydroxylation is 1. The van der Waals surface area contributed by atoms with Crippen molar-refractivity contribution in [1.82, 2.24) is 20.2 Å². The van der Waals surface area contributed by atoms with Gasteiger partial charge < -0.3 is 9.64 Å². The molecule has 1 aliphatic rings. The molecule has 0 aliphatic carbocycles. The molecule has 1 aliphatic heterocycles. The van der Waals surface area contributed by atoms with Crippen molar-refractivity contribution in [2.45, 2.75) is 25.9 Å². The predicted molar refractivity (Wildman–Crippen MR) is 101 cm³/mol. The van der Waals surface area contributed by atoms with Gasteiger partial charge in [0.1, 0.15) is 29.1 Å². The Kier molecular flexibility index (Phi) is 5.80. The van der Waals surface area contributed by atoms with Gasteiger partial charge in [0.15, 0.2) is 0 Å². The molecule has 9 heteroatoms. The van der Waals surface area contributed by atoms with Crippen LogP contribution < -0.4 is 0 Å². The lowest BCUT2D eigenvalue weighted by molar-refractivity contribution is -0.138. The second-order valence-corrected chi connectivity index (χ2v) is 7.10. The molecule has 4 rings (SSSR count). The molecule has 0 saturated carbocycles. The summed E-state index contributed by atoms with van der Waals surface area (Å²) in [6.07, 6.45) is -0.299. The van der Waals surface area contributed by atoms with E-state index in [0.29, 0.717) is 42.5 Å². The summed E-state index contributed by atoms with van der Waals surface area (Å²) >= 11 is 0. The lowest BCUT2D eigenvalue weighted by Gasteiger charge is -2.32. The molecule has 1 aromatic carbocycles. The van der Waals surface area contributed by atoms with Crippen LogP contribution in [0.1, 0.15) is 34.4 Å². The highest BCUT2D eigenvalue weighted by atomic mass is 19.1. The van der Waals surface area contributed by atoms with Gasteiger partial charge in [0, 0.05) is 24.2 Å². The van der Waals surface area contributed by atoms with Gasteiger partial charge in [-0.1, -0.05) is 22.4 Å². The fourth-order valence-corrected chi connectivity index (χ4v) is 3.38. The molecular formula is C21H20F2N4O3. The van der Waals surface area contributed by atoms with Crippen LogP contribution in [-0.2, 0) is 22.4 Å². The van der Waals surface area contributed by atoms with Crippen molar-refractivity contribution in [1.29, 1.82) is 0 Å². The molecule has 7 nitrogen and oxygen atoms in total. The van der Waals surface area contributed by atoms with Crippen LogP contribution in [0.2, 0.25) is 0 Å². The van der Waals surface area contributed by atoms with Gasteiger partial charge in [-0.15, -0.1) is 0 Å². The first-order valence-corrected chi connectivity index (χ1v) is 9.57. The number of aromatic nitrogens is 3. The molecule has 3 aromatic rings. The molecule has 0 bridgehead atoms. The number of morpholine rings is 1. The molecule has 156 valence electrons. The molecular weight excluding hydrogens is 394 g/mol. The quantitative estimate of drug-likeness (QED) is 0.639. The number of benzene rings is 1. The van der Waals surface area contributed by atoms with E-state index in [-0.39, 0.29) is 24.3 Å². The molecule has 2 aromatic heterocycles. The summed E-state index contributed by atoms with van der Waals surface area (Å²) in [5, 5.41) is 7.44. The van der Waals surface area contributed by atoms with Crippen molar-refractivity contribution in [3.8, 4) is 0 Å². The fourth-order valence-electron chi connectivity index (χ4n) is 3.38. The monoisotopic (exact) mass is 414 g/mol. The number of hydrogen-bond acceptors (Lipinski definition) is 6. The molecule has 30 heavy (non-hydrogen) atoms. The topological polar surface area (TPSA) is 81.4 Å². The van der Waals surface area contributed by atoms with Crippen LogP contribution in [-0.4, -0.2) is 45.8 Å². The van der Waals surface area contributed by atoms with Gasteiger partial charge in [-0.2, -0.15) is 0 Å². The Bertz CT molecular complexity index is 1040. The standard InChI is InChI=1S/C21H20F2N4O3/c1-13-19(26-30-25-13)11-21(28)27-8-9-29-20(12-27)18-7-2-4-14(24-18)10-15-16(22)5-3-6-17(15)23/h2-7,20H,8-12H2,1H3/t20-/m1/s1. The van der Waals surface area contributed by atoms with Gasteiger partial charge >= 0.3 is 0 Å². The fraction of sp³-hybridized carbons (Fsp3) is 0.333. The number of pyridine rings is 1. The highest BCUT2D eigenvalue weighted by Gasteiger charge is 2.27. The molecule has 1 amide bonds. The zero-order valence-electron chi connectivity index (χ0n) is 16.3. The Labute approximate surface area is 171 Å². The highest BCUT2D eigenvalue weighted by molar-refractivity contribution is 5.78. The Balaban J connectivity index is 1.47.